The van der Waals surface area contributed by atoms with Gasteiger partial charge in [-0.15, -0.1) is 0 Å². The largest absolute Gasteiger partial charge is 0.322 e. The number of H-pyrrole nitrogens is 1. The summed E-state index contributed by atoms with van der Waals surface area (Å²) in [4.78, 5) is 16.7. The van der Waals surface area contributed by atoms with Crippen molar-refractivity contribution in [1.82, 2.24) is 34.5 Å². The molecule has 0 amide bonds. The number of nitrogens with zero attached hydrogens (tertiary/aromatic N) is 6. The first-order valence-corrected chi connectivity index (χ1v) is 6.27. The maximum atomic E-state index is 4.50. The van der Waals surface area contributed by atoms with Gasteiger partial charge in [0.25, 0.3) is 0 Å². The maximum Gasteiger partial charge on any atom is 0.179 e. The molecule has 102 valence electrons. The van der Waals surface area contributed by atoms with Crippen molar-refractivity contribution in [2.75, 3.05) is 5.32 Å². The molecule has 4 rings (SSSR count). The van der Waals surface area contributed by atoms with Gasteiger partial charge < -0.3 is 5.32 Å². The molecule has 0 unspecified atom stereocenters. The molecule has 0 spiro atoms. The lowest BCUT2D eigenvalue weighted by atomic mass is 10.3. The van der Waals surface area contributed by atoms with Gasteiger partial charge in [0.15, 0.2) is 17.5 Å². The van der Waals surface area contributed by atoms with Crippen molar-refractivity contribution in [3.8, 4) is 11.5 Å². The van der Waals surface area contributed by atoms with Crippen LogP contribution in [0.15, 0.2) is 49.3 Å². The third-order valence-corrected chi connectivity index (χ3v) is 2.97. The van der Waals surface area contributed by atoms with Crippen LogP contribution in [0.2, 0.25) is 0 Å². The van der Waals surface area contributed by atoms with Crippen molar-refractivity contribution in [2.24, 2.45) is 0 Å². The number of pyridine rings is 1. The fourth-order valence-corrected chi connectivity index (χ4v) is 2.09. The number of imidazole rings is 1. The van der Waals surface area contributed by atoms with Crippen LogP contribution < -0.4 is 5.32 Å². The van der Waals surface area contributed by atoms with E-state index in [9.17, 15) is 0 Å². The van der Waals surface area contributed by atoms with E-state index in [1.165, 1.54) is 12.7 Å². The standard InChI is InChI=1S/C13H10N8/c1-2-9(13-15-7-14-8-16-13)21-6-11(19-12(21)3-1)18-10-4-5-17-20-10/h1-8H,(H2,17,18,20). The molecule has 0 aromatic carbocycles. The lowest BCUT2D eigenvalue weighted by Crippen LogP contribution is -1.95. The fraction of sp³-hybridized carbons (Fsp3) is 0. The summed E-state index contributed by atoms with van der Waals surface area (Å²) >= 11 is 0. The van der Waals surface area contributed by atoms with Crippen LogP contribution in [0.1, 0.15) is 0 Å². The van der Waals surface area contributed by atoms with E-state index in [4.69, 9.17) is 0 Å². The number of aromatic amines is 1. The van der Waals surface area contributed by atoms with Gasteiger partial charge in [-0.1, -0.05) is 6.07 Å². The predicted octanol–water partition coefficient (Wildman–Crippen LogP) is 1.65. The number of fused-ring (bicyclic) bond motifs is 1. The van der Waals surface area contributed by atoms with Gasteiger partial charge in [-0.2, -0.15) is 5.10 Å². The maximum absolute atomic E-state index is 4.50. The Hall–Kier alpha value is -3.29. The normalized spacial score (nSPS) is 10.9. The minimum Gasteiger partial charge on any atom is -0.322 e. The molecular weight excluding hydrogens is 268 g/mol. The Morgan fingerprint density at radius 1 is 1.05 bits per heavy atom. The van der Waals surface area contributed by atoms with Gasteiger partial charge in [0.05, 0.1) is 11.9 Å². The molecule has 4 aromatic heterocycles. The molecule has 0 radical (unpaired) electrons. The highest BCUT2D eigenvalue weighted by atomic mass is 15.2. The minimum atomic E-state index is 0.597. The van der Waals surface area contributed by atoms with Crippen molar-refractivity contribution in [1.29, 1.82) is 0 Å². The van der Waals surface area contributed by atoms with Gasteiger partial charge in [0.1, 0.15) is 18.3 Å². The third kappa shape index (κ3) is 2.08. The summed E-state index contributed by atoms with van der Waals surface area (Å²) in [6, 6.07) is 7.60. The Balaban J connectivity index is 1.81. The third-order valence-electron chi connectivity index (χ3n) is 2.97. The summed E-state index contributed by atoms with van der Waals surface area (Å²) in [6.45, 7) is 0. The van der Waals surface area contributed by atoms with E-state index in [2.05, 4.69) is 35.5 Å². The number of nitrogens with one attached hydrogen (secondary N) is 2. The SMILES string of the molecule is c1cc(-c2ncncn2)n2cc(Nc3cc[nH]n3)nc2c1. The summed E-state index contributed by atoms with van der Waals surface area (Å²) in [6.07, 6.45) is 6.57. The Bertz CT molecular complexity index is 866. The number of anilines is 2. The second-order valence-corrected chi connectivity index (χ2v) is 4.31. The van der Waals surface area contributed by atoms with Gasteiger partial charge in [-0.25, -0.2) is 19.9 Å². The molecular formula is C13H10N8. The monoisotopic (exact) mass is 278 g/mol. The Labute approximate surface area is 118 Å². The number of hydrogen-bond donors (Lipinski definition) is 2. The molecule has 0 atom stereocenters. The summed E-state index contributed by atoms with van der Waals surface area (Å²) in [5.74, 6) is 2.00. The lowest BCUT2D eigenvalue weighted by molar-refractivity contribution is 1.03. The van der Waals surface area contributed by atoms with Gasteiger partial charge in [0, 0.05) is 12.3 Å². The van der Waals surface area contributed by atoms with Gasteiger partial charge in [-0.3, -0.25) is 9.50 Å². The van der Waals surface area contributed by atoms with Crippen molar-refractivity contribution in [3.05, 3.63) is 49.3 Å². The van der Waals surface area contributed by atoms with Crippen LogP contribution in [0, 0.1) is 0 Å². The first-order chi connectivity index (χ1) is 10.4. The number of hydrogen-bond acceptors (Lipinski definition) is 6. The molecule has 21 heavy (non-hydrogen) atoms. The van der Waals surface area contributed by atoms with Gasteiger partial charge >= 0.3 is 0 Å². The van der Waals surface area contributed by atoms with E-state index < -0.39 is 0 Å². The molecule has 0 bridgehead atoms. The summed E-state index contributed by atoms with van der Waals surface area (Å²) in [5.41, 5.74) is 1.64. The summed E-state index contributed by atoms with van der Waals surface area (Å²) in [7, 11) is 0. The number of aromatic nitrogens is 7. The molecule has 4 aromatic rings. The van der Waals surface area contributed by atoms with Crippen LogP contribution in [0.25, 0.3) is 17.2 Å². The molecule has 0 fully saturated rings. The first kappa shape index (κ1) is 11.5. The van der Waals surface area contributed by atoms with E-state index in [1.807, 2.05) is 34.9 Å². The Morgan fingerprint density at radius 3 is 2.76 bits per heavy atom. The summed E-state index contributed by atoms with van der Waals surface area (Å²) in [5, 5.41) is 9.92. The first-order valence-electron chi connectivity index (χ1n) is 6.27. The highest BCUT2D eigenvalue weighted by molar-refractivity contribution is 5.62. The Morgan fingerprint density at radius 2 is 1.95 bits per heavy atom. The van der Waals surface area contributed by atoms with Crippen molar-refractivity contribution >= 4 is 17.3 Å². The molecule has 2 N–H and O–H groups in total. The van der Waals surface area contributed by atoms with E-state index in [0.29, 0.717) is 17.5 Å². The quantitative estimate of drug-likeness (QED) is 0.591. The second kappa shape index (κ2) is 4.67. The van der Waals surface area contributed by atoms with Crippen LogP contribution in [-0.4, -0.2) is 34.5 Å². The molecule has 0 aliphatic heterocycles. The van der Waals surface area contributed by atoms with Crippen molar-refractivity contribution < 1.29 is 0 Å². The molecule has 4 heterocycles. The molecule has 0 aliphatic rings. The zero-order chi connectivity index (χ0) is 14.1. The molecule has 8 heteroatoms. The predicted molar refractivity (Wildman–Crippen MR) is 75.9 cm³/mol. The van der Waals surface area contributed by atoms with Crippen molar-refractivity contribution in [3.63, 3.8) is 0 Å². The van der Waals surface area contributed by atoms with Crippen LogP contribution in [0.3, 0.4) is 0 Å². The lowest BCUT2D eigenvalue weighted by Gasteiger charge is -2.02. The fourth-order valence-electron chi connectivity index (χ4n) is 2.09. The van der Waals surface area contributed by atoms with Crippen molar-refractivity contribution in [2.45, 2.75) is 0 Å². The van der Waals surface area contributed by atoms with E-state index >= 15 is 0 Å². The zero-order valence-corrected chi connectivity index (χ0v) is 10.8. The second-order valence-electron chi connectivity index (χ2n) is 4.31. The van der Waals surface area contributed by atoms with Crippen LogP contribution in [-0.2, 0) is 0 Å². The van der Waals surface area contributed by atoms with Gasteiger partial charge in [0.2, 0.25) is 0 Å². The van der Waals surface area contributed by atoms with Gasteiger partial charge in [-0.05, 0) is 12.1 Å². The highest BCUT2D eigenvalue weighted by Crippen LogP contribution is 2.20. The molecule has 0 saturated heterocycles. The van der Waals surface area contributed by atoms with Crippen LogP contribution >= 0.6 is 0 Å². The Kier molecular flexibility index (Phi) is 2.57. The van der Waals surface area contributed by atoms with E-state index in [0.717, 1.165) is 11.3 Å². The topological polar surface area (TPSA) is 96.7 Å². The highest BCUT2D eigenvalue weighted by Gasteiger charge is 2.09. The summed E-state index contributed by atoms with van der Waals surface area (Å²) < 4.78 is 1.92. The van der Waals surface area contributed by atoms with E-state index in [1.54, 1.807) is 6.20 Å². The zero-order valence-electron chi connectivity index (χ0n) is 10.8. The average molecular weight is 278 g/mol. The molecule has 8 nitrogen and oxygen atoms in total. The minimum absolute atomic E-state index is 0.597. The van der Waals surface area contributed by atoms with E-state index in [-0.39, 0.29) is 0 Å². The number of rotatable bonds is 3. The van der Waals surface area contributed by atoms with Crippen LogP contribution in [0.5, 0.6) is 0 Å². The van der Waals surface area contributed by atoms with Crippen LogP contribution in [0.4, 0.5) is 11.6 Å². The molecule has 0 aliphatic carbocycles. The average Bonchev–Trinajstić information content (AvgIpc) is 3.17. The molecule has 0 saturated carbocycles. The smallest absolute Gasteiger partial charge is 0.179 e.